The lowest BCUT2D eigenvalue weighted by Gasteiger charge is -2.37. The number of likely N-dealkylation sites (N-methyl/N-ethyl adjacent to an activating group) is 1. The van der Waals surface area contributed by atoms with Crippen molar-refractivity contribution in [3.05, 3.63) is 202 Å². The quantitative estimate of drug-likeness (QED) is 0.0811. The first-order valence-electron chi connectivity index (χ1n) is 28.0. The number of esters is 1. The molecule has 0 radical (unpaired) electrons. The van der Waals surface area contributed by atoms with Crippen LogP contribution in [0, 0.1) is 0 Å². The number of hydrogen-bond acceptors (Lipinski definition) is 6. The molecule has 9 rings (SSSR count). The number of halogens is 1. The third kappa shape index (κ3) is 12.9. The molecule has 3 amide bonds. The van der Waals surface area contributed by atoms with Gasteiger partial charge in [0.2, 0.25) is 11.8 Å². The number of amides is 3. The van der Waals surface area contributed by atoms with E-state index in [-0.39, 0.29) is 24.9 Å². The molecule has 0 aromatic heterocycles. The average molecular weight is 1040 g/mol. The highest BCUT2D eigenvalue weighted by Crippen LogP contribution is 2.46. The summed E-state index contributed by atoms with van der Waals surface area (Å²) in [7, 11) is 1.55. The molecule has 1 saturated heterocycles. The van der Waals surface area contributed by atoms with Crippen molar-refractivity contribution in [2.75, 3.05) is 26.7 Å². The molecule has 10 heteroatoms. The predicted octanol–water partition coefficient (Wildman–Crippen LogP) is 14.3. The number of carbonyl (C=O) groups excluding carboxylic acids is 4. The van der Waals surface area contributed by atoms with Gasteiger partial charge in [-0.15, -0.1) is 0 Å². The molecule has 1 heterocycles. The van der Waals surface area contributed by atoms with Gasteiger partial charge in [0.15, 0.2) is 5.60 Å². The number of nitrogens with one attached hydrogen (secondary N) is 1. The van der Waals surface area contributed by atoms with Crippen LogP contribution in [-0.4, -0.2) is 72.5 Å². The summed E-state index contributed by atoms with van der Waals surface area (Å²) >= 11 is 7.17. The van der Waals surface area contributed by atoms with Gasteiger partial charge >= 0.3 is 12.1 Å². The minimum absolute atomic E-state index is 0.0662. The normalized spacial score (nSPS) is 17.2. The topological polar surface area (TPSA) is 105 Å². The molecule has 9 nitrogen and oxygen atoms in total. The SMILES string of the molecule is CN(C(=O)OCC1c2ccccc2-c2ccccc21)[C@@H](Cc1ccccc1)C(=O)N[C@@H](CC(=O)OC(c1ccccc1)(c1ccc(C2CCCCCCCCCCCCC2)cc1)c1ccccc1Cl)C(=O)N1CCCC1. The summed E-state index contributed by atoms with van der Waals surface area (Å²) in [6.07, 6.45) is 17.0. The van der Waals surface area contributed by atoms with Gasteiger partial charge in [0.05, 0.1) is 6.42 Å². The summed E-state index contributed by atoms with van der Waals surface area (Å²) in [6.45, 7) is 1.05. The summed E-state index contributed by atoms with van der Waals surface area (Å²) < 4.78 is 13.0. The fourth-order valence-corrected chi connectivity index (χ4v) is 12.2. The fraction of sp³-hybridized carbons (Fsp3) is 0.394. The Hall–Kier alpha value is -6.71. The van der Waals surface area contributed by atoms with Crippen LogP contribution in [0.2, 0.25) is 5.02 Å². The Balaban J connectivity index is 0.998. The lowest BCUT2D eigenvalue weighted by Crippen LogP contribution is -2.56. The molecule has 2 fully saturated rings. The van der Waals surface area contributed by atoms with Gasteiger partial charge in [-0.3, -0.25) is 19.3 Å². The second kappa shape index (κ2) is 26.4. The van der Waals surface area contributed by atoms with E-state index < -0.39 is 42.1 Å². The minimum atomic E-state index is -1.54. The van der Waals surface area contributed by atoms with Gasteiger partial charge in [-0.2, -0.15) is 0 Å². The molecule has 0 bridgehead atoms. The largest absolute Gasteiger partial charge is 0.448 e. The lowest BCUT2D eigenvalue weighted by atomic mass is 9.78. The molecule has 6 aromatic carbocycles. The van der Waals surface area contributed by atoms with Crippen LogP contribution in [0.1, 0.15) is 154 Å². The Morgan fingerprint density at radius 3 is 1.72 bits per heavy atom. The summed E-state index contributed by atoms with van der Waals surface area (Å²) in [5.74, 6) is -1.46. The van der Waals surface area contributed by atoms with E-state index >= 15 is 4.79 Å². The van der Waals surface area contributed by atoms with Crippen molar-refractivity contribution >= 4 is 35.5 Å². The first-order valence-corrected chi connectivity index (χ1v) is 28.4. The maximum atomic E-state index is 15.2. The van der Waals surface area contributed by atoms with Crippen LogP contribution >= 0.6 is 11.6 Å². The van der Waals surface area contributed by atoms with E-state index in [9.17, 15) is 14.4 Å². The number of benzene rings is 6. The maximum absolute atomic E-state index is 15.2. The Morgan fingerprint density at radius 1 is 0.618 bits per heavy atom. The maximum Gasteiger partial charge on any atom is 0.410 e. The molecule has 1 N–H and O–H groups in total. The number of fused-ring (bicyclic) bond motifs is 3. The second-order valence-electron chi connectivity index (χ2n) is 21.2. The van der Waals surface area contributed by atoms with Crippen LogP contribution in [0.5, 0.6) is 0 Å². The lowest BCUT2D eigenvalue weighted by molar-refractivity contribution is -0.156. The Morgan fingerprint density at radius 2 is 1.13 bits per heavy atom. The number of carbonyl (C=O) groups is 4. The zero-order valence-electron chi connectivity index (χ0n) is 44.2. The molecule has 1 unspecified atom stereocenters. The van der Waals surface area contributed by atoms with Crippen molar-refractivity contribution < 1.29 is 28.7 Å². The molecule has 1 saturated carbocycles. The molecular weight excluding hydrogens is 966 g/mol. The van der Waals surface area contributed by atoms with Crippen LogP contribution in [-0.2, 0) is 35.9 Å². The summed E-state index contributed by atoms with van der Waals surface area (Å²) in [5.41, 5.74) is 6.86. The van der Waals surface area contributed by atoms with Crippen LogP contribution in [0.15, 0.2) is 158 Å². The Kier molecular flexibility index (Phi) is 18.8. The van der Waals surface area contributed by atoms with E-state index in [1.165, 1.54) is 81.1 Å². The number of likely N-dealkylation sites (tertiary alicyclic amines) is 1. The molecule has 76 heavy (non-hydrogen) atoms. The van der Waals surface area contributed by atoms with Gasteiger partial charge in [-0.1, -0.05) is 234 Å². The zero-order valence-corrected chi connectivity index (χ0v) is 44.9. The summed E-state index contributed by atoms with van der Waals surface area (Å²) in [5, 5.41) is 3.40. The van der Waals surface area contributed by atoms with Crippen molar-refractivity contribution in [3.63, 3.8) is 0 Å². The smallest absolute Gasteiger partial charge is 0.410 e. The van der Waals surface area contributed by atoms with Crippen LogP contribution in [0.4, 0.5) is 4.79 Å². The van der Waals surface area contributed by atoms with Crippen molar-refractivity contribution in [2.24, 2.45) is 0 Å². The van der Waals surface area contributed by atoms with E-state index in [1.807, 2.05) is 103 Å². The molecule has 396 valence electrons. The molecule has 6 aromatic rings. The van der Waals surface area contributed by atoms with E-state index in [0.29, 0.717) is 40.7 Å². The number of rotatable bonds is 15. The van der Waals surface area contributed by atoms with Crippen molar-refractivity contribution in [1.82, 2.24) is 15.1 Å². The van der Waals surface area contributed by atoms with Crippen LogP contribution < -0.4 is 5.32 Å². The van der Waals surface area contributed by atoms with Crippen molar-refractivity contribution in [2.45, 2.75) is 139 Å². The molecule has 2 aliphatic carbocycles. The molecule has 1 aliphatic heterocycles. The monoisotopic (exact) mass is 1040 g/mol. The van der Waals surface area contributed by atoms with E-state index in [4.69, 9.17) is 21.1 Å². The Labute approximate surface area is 455 Å². The Bertz CT molecular complexity index is 2810. The third-order valence-electron chi connectivity index (χ3n) is 16.2. The van der Waals surface area contributed by atoms with Gasteiger partial charge in [-0.25, -0.2) is 4.79 Å². The van der Waals surface area contributed by atoms with E-state index in [0.717, 1.165) is 53.5 Å². The van der Waals surface area contributed by atoms with Crippen molar-refractivity contribution in [3.8, 4) is 11.1 Å². The third-order valence-corrected chi connectivity index (χ3v) is 16.5. The highest BCUT2D eigenvalue weighted by atomic mass is 35.5. The molecule has 0 spiro atoms. The summed E-state index contributed by atoms with van der Waals surface area (Å²) in [4.78, 5) is 62.1. The fourth-order valence-electron chi connectivity index (χ4n) is 12.0. The van der Waals surface area contributed by atoms with E-state index in [1.54, 1.807) is 18.0 Å². The molecule has 3 atom stereocenters. The van der Waals surface area contributed by atoms with Gasteiger partial charge in [0.25, 0.3) is 0 Å². The molecular formula is C66H74ClN3O6. The summed E-state index contributed by atoms with van der Waals surface area (Å²) in [6, 6.07) is 48.9. The molecule has 3 aliphatic rings. The number of hydrogen-bond donors (Lipinski definition) is 1. The first kappa shape index (κ1) is 54.1. The average Bonchev–Trinajstić information content (AvgIpc) is 4.12. The highest BCUT2D eigenvalue weighted by molar-refractivity contribution is 6.31. The first-order chi connectivity index (χ1) is 37.2. The highest BCUT2D eigenvalue weighted by Gasteiger charge is 2.44. The second-order valence-corrected chi connectivity index (χ2v) is 21.6. The number of ether oxygens (including phenoxy) is 2. The minimum Gasteiger partial charge on any atom is -0.448 e. The van der Waals surface area contributed by atoms with Gasteiger partial charge in [0, 0.05) is 54.2 Å². The van der Waals surface area contributed by atoms with Crippen LogP contribution in [0.3, 0.4) is 0 Å². The standard InChI is InChI=1S/C66H74ClN3O6/c1-69(65(74)75-47-57-55-35-21-19-33-53(55)54-34-20-22-36-56(54)57)61(45-48-27-13-11-14-28-48)63(72)68-60(64(73)70-43-25-26-44-70)46-62(71)76-66(51-31-17-12-18-32-51,58-37-23-24-38-59(58)67)52-41-39-50(40-42-52)49-29-15-9-7-5-3-2-4-6-8-10-16-30-49/h11-14,17-24,27-28,31-42,49,57,60-61H,2-10,15-16,25-26,29-30,43-47H2,1H3,(H,68,72)/t60-,61-,66?/m0/s1. The van der Waals surface area contributed by atoms with Crippen LogP contribution in [0.25, 0.3) is 11.1 Å². The van der Waals surface area contributed by atoms with Gasteiger partial charge in [-0.05, 0) is 71.0 Å². The van der Waals surface area contributed by atoms with Crippen molar-refractivity contribution in [1.29, 1.82) is 0 Å². The predicted molar refractivity (Wildman–Crippen MR) is 302 cm³/mol. The zero-order chi connectivity index (χ0) is 52.7. The number of nitrogens with zero attached hydrogens (tertiary/aromatic N) is 2. The van der Waals surface area contributed by atoms with E-state index in [2.05, 4.69) is 53.8 Å². The van der Waals surface area contributed by atoms with Gasteiger partial charge in [0.1, 0.15) is 18.7 Å². The van der Waals surface area contributed by atoms with Gasteiger partial charge < -0.3 is 19.7 Å².